The average Bonchev–Trinajstić information content (AvgIpc) is 3.07. The Hall–Kier alpha value is -2.98. The number of carbonyl (C=O) groups excluding carboxylic acids is 3. The predicted octanol–water partition coefficient (Wildman–Crippen LogP) is 4.38. The predicted molar refractivity (Wildman–Crippen MR) is 115 cm³/mol. The normalized spacial score (nSPS) is 15.6. The average molecular weight is 425 g/mol. The molecule has 1 aliphatic carbocycles. The summed E-state index contributed by atoms with van der Waals surface area (Å²) in [5.41, 5.74) is 2.45. The van der Waals surface area contributed by atoms with Crippen LogP contribution in [0.4, 0.5) is 5.00 Å². The molecule has 0 fully saturated rings. The highest BCUT2D eigenvalue weighted by Gasteiger charge is 2.32. The summed E-state index contributed by atoms with van der Waals surface area (Å²) < 4.78 is 5.06. The lowest BCUT2D eigenvalue weighted by atomic mass is 9.72. The maximum Gasteiger partial charge on any atom is 0.338 e. The SMILES string of the molecule is CC(C)(C)C1CCc2c(sc(NC(=O)COC(=O)c3ccc(C=O)cc3)c2C#N)C1. The highest BCUT2D eigenvalue weighted by Crippen LogP contribution is 2.43. The number of nitriles is 1. The molecule has 1 atom stereocenters. The molecule has 2 aromatic rings. The minimum Gasteiger partial charge on any atom is -0.452 e. The second-order valence-corrected chi connectivity index (χ2v) is 9.59. The van der Waals surface area contributed by atoms with Crippen molar-refractivity contribution in [1.82, 2.24) is 0 Å². The number of thiophene rings is 1. The van der Waals surface area contributed by atoms with Gasteiger partial charge in [-0.3, -0.25) is 9.59 Å². The zero-order chi connectivity index (χ0) is 21.9. The van der Waals surface area contributed by atoms with Crippen molar-refractivity contribution in [2.75, 3.05) is 11.9 Å². The van der Waals surface area contributed by atoms with Gasteiger partial charge in [-0.15, -0.1) is 11.3 Å². The fraction of sp³-hybridized carbons (Fsp3) is 0.391. The largest absolute Gasteiger partial charge is 0.452 e. The molecule has 3 rings (SSSR count). The van der Waals surface area contributed by atoms with Crippen molar-refractivity contribution in [2.24, 2.45) is 11.3 Å². The monoisotopic (exact) mass is 424 g/mol. The maximum absolute atomic E-state index is 12.3. The quantitative estimate of drug-likeness (QED) is 0.568. The molecule has 1 N–H and O–H groups in total. The number of carbonyl (C=O) groups is 3. The van der Waals surface area contributed by atoms with E-state index < -0.39 is 18.5 Å². The van der Waals surface area contributed by atoms with E-state index in [2.05, 4.69) is 32.2 Å². The summed E-state index contributed by atoms with van der Waals surface area (Å²) in [6.45, 7) is 6.23. The third kappa shape index (κ3) is 4.77. The second kappa shape index (κ2) is 8.80. The summed E-state index contributed by atoms with van der Waals surface area (Å²) in [4.78, 5) is 36.2. The fourth-order valence-electron chi connectivity index (χ4n) is 3.61. The first-order valence-corrected chi connectivity index (χ1v) is 10.6. The number of benzene rings is 1. The van der Waals surface area contributed by atoms with Gasteiger partial charge in [0, 0.05) is 10.4 Å². The summed E-state index contributed by atoms with van der Waals surface area (Å²) in [5.74, 6) is -0.609. The van der Waals surface area contributed by atoms with Gasteiger partial charge in [0.2, 0.25) is 0 Å². The van der Waals surface area contributed by atoms with Crippen LogP contribution in [-0.2, 0) is 22.4 Å². The Morgan fingerprint density at radius 2 is 2.00 bits per heavy atom. The molecule has 1 aromatic carbocycles. The van der Waals surface area contributed by atoms with Crippen molar-refractivity contribution in [2.45, 2.75) is 40.0 Å². The minimum absolute atomic E-state index is 0.190. The smallest absolute Gasteiger partial charge is 0.338 e. The second-order valence-electron chi connectivity index (χ2n) is 8.49. The van der Waals surface area contributed by atoms with Crippen LogP contribution in [0.1, 0.15) is 63.9 Å². The van der Waals surface area contributed by atoms with Gasteiger partial charge in [-0.25, -0.2) is 4.79 Å². The first-order valence-electron chi connectivity index (χ1n) is 9.79. The molecule has 0 aliphatic heterocycles. The van der Waals surface area contributed by atoms with Crippen LogP contribution in [-0.4, -0.2) is 24.8 Å². The lowest BCUT2D eigenvalue weighted by Crippen LogP contribution is -2.26. The number of amides is 1. The number of rotatable bonds is 5. The summed E-state index contributed by atoms with van der Waals surface area (Å²) in [5, 5.41) is 12.9. The summed E-state index contributed by atoms with van der Waals surface area (Å²) in [7, 11) is 0. The van der Waals surface area contributed by atoms with Crippen LogP contribution in [0.2, 0.25) is 0 Å². The van der Waals surface area contributed by atoms with Gasteiger partial charge < -0.3 is 10.1 Å². The molecular formula is C23H24N2O4S. The molecular weight excluding hydrogens is 400 g/mol. The number of anilines is 1. The van der Waals surface area contributed by atoms with E-state index in [9.17, 15) is 19.6 Å². The fourth-order valence-corrected chi connectivity index (χ4v) is 4.90. The molecule has 1 aliphatic rings. The lowest BCUT2D eigenvalue weighted by Gasteiger charge is -2.33. The van der Waals surface area contributed by atoms with E-state index in [1.54, 1.807) is 0 Å². The molecule has 1 heterocycles. The Balaban J connectivity index is 1.64. The Morgan fingerprint density at radius 1 is 1.30 bits per heavy atom. The van der Waals surface area contributed by atoms with Gasteiger partial charge in [-0.2, -0.15) is 5.26 Å². The Bertz CT molecular complexity index is 1010. The molecule has 156 valence electrons. The van der Waals surface area contributed by atoms with Crippen LogP contribution in [0.15, 0.2) is 24.3 Å². The molecule has 0 bridgehead atoms. The number of esters is 1. The van der Waals surface area contributed by atoms with E-state index in [4.69, 9.17) is 4.74 Å². The standard InChI is InChI=1S/C23H24N2O4S/c1-23(2,3)16-8-9-17-18(11-24)21(30-19(17)10-16)25-20(27)13-29-22(28)15-6-4-14(12-26)5-7-15/h4-7,12,16H,8-10,13H2,1-3H3,(H,25,27). The van der Waals surface area contributed by atoms with Gasteiger partial charge in [0.05, 0.1) is 11.1 Å². The van der Waals surface area contributed by atoms with Crippen molar-refractivity contribution in [3.05, 3.63) is 51.4 Å². The molecule has 0 saturated carbocycles. The highest BCUT2D eigenvalue weighted by molar-refractivity contribution is 7.16. The molecule has 30 heavy (non-hydrogen) atoms. The molecule has 1 amide bonds. The topological polar surface area (TPSA) is 96.3 Å². The van der Waals surface area contributed by atoms with Crippen LogP contribution in [0.3, 0.4) is 0 Å². The highest BCUT2D eigenvalue weighted by atomic mass is 32.1. The van der Waals surface area contributed by atoms with Crippen molar-refractivity contribution in [3.63, 3.8) is 0 Å². The van der Waals surface area contributed by atoms with Gasteiger partial charge in [-0.05, 0) is 48.3 Å². The summed E-state index contributed by atoms with van der Waals surface area (Å²) >= 11 is 1.44. The number of hydrogen-bond acceptors (Lipinski definition) is 6. The first kappa shape index (κ1) is 21.7. The maximum atomic E-state index is 12.3. The number of aldehydes is 1. The third-order valence-corrected chi connectivity index (χ3v) is 6.64. The third-order valence-electron chi connectivity index (χ3n) is 5.47. The van der Waals surface area contributed by atoms with Crippen LogP contribution >= 0.6 is 11.3 Å². The van der Waals surface area contributed by atoms with Crippen LogP contribution in [0.25, 0.3) is 0 Å². The molecule has 0 spiro atoms. The molecule has 0 saturated heterocycles. The zero-order valence-corrected chi connectivity index (χ0v) is 18.1. The number of nitrogens with zero attached hydrogens (tertiary/aromatic N) is 1. The van der Waals surface area contributed by atoms with Gasteiger partial charge in [0.25, 0.3) is 5.91 Å². The molecule has 6 nitrogen and oxygen atoms in total. The summed E-state index contributed by atoms with van der Waals surface area (Å²) in [6, 6.07) is 8.17. The first-order chi connectivity index (χ1) is 14.2. The lowest BCUT2D eigenvalue weighted by molar-refractivity contribution is -0.119. The Morgan fingerprint density at radius 3 is 2.60 bits per heavy atom. The van der Waals surface area contributed by atoms with Gasteiger partial charge in [-0.1, -0.05) is 32.9 Å². The molecule has 7 heteroatoms. The molecule has 0 radical (unpaired) electrons. The van der Waals surface area contributed by atoms with Crippen molar-refractivity contribution >= 4 is 34.5 Å². The molecule has 1 aromatic heterocycles. The van der Waals surface area contributed by atoms with Crippen LogP contribution < -0.4 is 5.32 Å². The number of ether oxygens (including phenoxy) is 1. The van der Waals surface area contributed by atoms with Crippen LogP contribution in [0.5, 0.6) is 0 Å². The van der Waals surface area contributed by atoms with Crippen molar-refractivity contribution < 1.29 is 19.1 Å². The van der Waals surface area contributed by atoms with Gasteiger partial charge in [0.15, 0.2) is 6.61 Å². The van der Waals surface area contributed by atoms with E-state index in [1.165, 1.54) is 35.6 Å². The Labute approximate surface area is 179 Å². The minimum atomic E-state index is -0.651. The van der Waals surface area contributed by atoms with Gasteiger partial charge in [0.1, 0.15) is 17.4 Å². The molecule has 1 unspecified atom stereocenters. The van der Waals surface area contributed by atoms with Crippen molar-refractivity contribution in [1.29, 1.82) is 5.26 Å². The van der Waals surface area contributed by atoms with E-state index >= 15 is 0 Å². The number of hydrogen-bond donors (Lipinski definition) is 1. The van der Waals surface area contributed by atoms with E-state index in [1.807, 2.05) is 0 Å². The Kier molecular flexibility index (Phi) is 6.37. The zero-order valence-electron chi connectivity index (χ0n) is 17.3. The van der Waals surface area contributed by atoms with E-state index in [0.29, 0.717) is 28.3 Å². The van der Waals surface area contributed by atoms with Crippen molar-refractivity contribution in [3.8, 4) is 6.07 Å². The van der Waals surface area contributed by atoms with E-state index in [0.717, 1.165) is 29.7 Å². The summed E-state index contributed by atoms with van der Waals surface area (Å²) in [6.07, 6.45) is 3.44. The van der Waals surface area contributed by atoms with E-state index in [-0.39, 0.29) is 11.0 Å². The van der Waals surface area contributed by atoms with Gasteiger partial charge >= 0.3 is 5.97 Å². The number of nitrogens with one attached hydrogen (secondary N) is 1. The number of fused-ring (bicyclic) bond motifs is 1. The van der Waals surface area contributed by atoms with Crippen LogP contribution in [0, 0.1) is 22.7 Å².